The predicted octanol–water partition coefficient (Wildman–Crippen LogP) is 4.87. The summed E-state index contributed by atoms with van der Waals surface area (Å²) in [5, 5.41) is 1.25. The van der Waals surface area contributed by atoms with Crippen LogP contribution >= 0.6 is 9.24 Å². The molecular formula is C17H21F2P. The zero-order chi connectivity index (χ0) is 15.0. The smallest absolute Gasteiger partial charge is 0.0998 e. The molecule has 0 aliphatic rings. The molecule has 3 heteroatoms. The van der Waals surface area contributed by atoms with E-state index in [1.54, 1.807) is 0 Å². The largest absolute Gasteiger partial charge is 0.251 e. The molecule has 108 valence electrons. The molecule has 2 atom stereocenters. The number of rotatable bonds is 3. The molecule has 0 saturated carbocycles. The van der Waals surface area contributed by atoms with Crippen molar-refractivity contribution in [2.24, 2.45) is 0 Å². The van der Waals surface area contributed by atoms with Crippen LogP contribution in [0, 0.1) is 6.92 Å². The van der Waals surface area contributed by atoms with Gasteiger partial charge in [0.1, 0.15) is 0 Å². The highest BCUT2D eigenvalue weighted by molar-refractivity contribution is 7.28. The molecule has 0 aliphatic heterocycles. The molecule has 0 nitrogen and oxygen atoms in total. The van der Waals surface area contributed by atoms with E-state index in [0.717, 1.165) is 0 Å². The first-order valence-electron chi connectivity index (χ1n) is 6.66. The summed E-state index contributed by atoms with van der Waals surface area (Å²) in [6.45, 7) is 2.95. The lowest BCUT2D eigenvalue weighted by molar-refractivity contribution is 0.305. The first kappa shape index (κ1) is 16.8. The van der Waals surface area contributed by atoms with Crippen molar-refractivity contribution in [3.8, 4) is 11.1 Å². The van der Waals surface area contributed by atoms with Crippen LogP contribution in [0.25, 0.3) is 11.1 Å². The van der Waals surface area contributed by atoms with Crippen LogP contribution in [-0.4, -0.2) is 12.8 Å². The van der Waals surface area contributed by atoms with E-state index in [9.17, 15) is 8.78 Å². The van der Waals surface area contributed by atoms with Gasteiger partial charge in [-0.15, -0.1) is 9.24 Å². The minimum atomic E-state index is -0.977. The molecule has 2 rings (SSSR count). The Bertz CT molecular complexity index is 480. The van der Waals surface area contributed by atoms with E-state index in [4.69, 9.17) is 0 Å². The third-order valence-corrected chi connectivity index (χ3v) is 3.41. The van der Waals surface area contributed by atoms with E-state index in [1.165, 1.54) is 28.9 Å². The Kier molecular flexibility index (Phi) is 7.40. The normalized spacial score (nSPS) is 11.4. The Morgan fingerprint density at radius 1 is 1.00 bits per heavy atom. The van der Waals surface area contributed by atoms with E-state index in [0.29, 0.717) is 0 Å². The molecule has 0 bridgehead atoms. The molecular weight excluding hydrogens is 273 g/mol. The van der Waals surface area contributed by atoms with Crippen molar-refractivity contribution in [3.63, 3.8) is 0 Å². The fourth-order valence-corrected chi connectivity index (χ4v) is 2.13. The van der Waals surface area contributed by atoms with Crippen LogP contribution < -0.4 is 5.30 Å². The maximum atomic E-state index is 11.5. The van der Waals surface area contributed by atoms with E-state index < -0.39 is 12.8 Å². The lowest BCUT2D eigenvalue weighted by Crippen LogP contribution is -1.96. The average molecular weight is 294 g/mol. The van der Waals surface area contributed by atoms with Crippen molar-refractivity contribution >= 4 is 14.5 Å². The number of benzene rings is 2. The van der Waals surface area contributed by atoms with Crippen molar-refractivity contribution < 1.29 is 8.78 Å². The van der Waals surface area contributed by atoms with Gasteiger partial charge in [0, 0.05) is 6.42 Å². The SMILES string of the molecule is CC(F)CCF.Cc1ccccc1-c1ccccc1P. The van der Waals surface area contributed by atoms with Gasteiger partial charge in [0.25, 0.3) is 0 Å². The summed E-state index contributed by atoms with van der Waals surface area (Å²) < 4.78 is 22.5. The van der Waals surface area contributed by atoms with Gasteiger partial charge in [-0.1, -0.05) is 48.5 Å². The van der Waals surface area contributed by atoms with Gasteiger partial charge in [0.05, 0.1) is 12.8 Å². The Morgan fingerprint density at radius 3 is 2.00 bits per heavy atom. The van der Waals surface area contributed by atoms with Gasteiger partial charge in [0.2, 0.25) is 0 Å². The van der Waals surface area contributed by atoms with Crippen molar-refractivity contribution in [3.05, 3.63) is 54.1 Å². The van der Waals surface area contributed by atoms with Gasteiger partial charge >= 0.3 is 0 Å². The van der Waals surface area contributed by atoms with Crippen LogP contribution in [0.5, 0.6) is 0 Å². The zero-order valence-corrected chi connectivity index (χ0v) is 13.1. The number of aryl methyl sites for hydroxylation is 1. The van der Waals surface area contributed by atoms with Crippen molar-refractivity contribution in [2.45, 2.75) is 26.4 Å². The van der Waals surface area contributed by atoms with Gasteiger partial charge in [-0.3, -0.25) is 4.39 Å². The summed E-state index contributed by atoms with van der Waals surface area (Å²) >= 11 is 0. The maximum absolute atomic E-state index is 11.5. The molecule has 2 aromatic rings. The molecule has 0 aliphatic carbocycles. The van der Waals surface area contributed by atoms with Crippen molar-refractivity contribution in [1.82, 2.24) is 0 Å². The molecule has 0 spiro atoms. The molecule has 0 N–H and O–H groups in total. The van der Waals surface area contributed by atoms with Gasteiger partial charge in [-0.2, -0.15) is 0 Å². The quantitative estimate of drug-likeness (QED) is 0.709. The molecule has 0 amide bonds. The maximum Gasteiger partial charge on any atom is 0.0998 e. The van der Waals surface area contributed by atoms with E-state index in [-0.39, 0.29) is 6.42 Å². The van der Waals surface area contributed by atoms with Crippen LogP contribution in [-0.2, 0) is 0 Å². The summed E-state index contributed by atoms with van der Waals surface area (Å²) in [6.07, 6.45) is -0.935. The van der Waals surface area contributed by atoms with Crippen LogP contribution in [0.3, 0.4) is 0 Å². The number of halogens is 2. The zero-order valence-electron chi connectivity index (χ0n) is 11.9. The minimum Gasteiger partial charge on any atom is -0.251 e. The van der Waals surface area contributed by atoms with Crippen LogP contribution in [0.4, 0.5) is 8.78 Å². The first-order valence-corrected chi connectivity index (χ1v) is 7.24. The third kappa shape index (κ3) is 5.38. The number of hydrogen-bond acceptors (Lipinski definition) is 0. The van der Waals surface area contributed by atoms with Crippen molar-refractivity contribution in [1.29, 1.82) is 0 Å². The Labute approximate surface area is 122 Å². The fraction of sp³-hybridized carbons (Fsp3) is 0.294. The number of alkyl halides is 2. The minimum absolute atomic E-state index is 0.0417. The topological polar surface area (TPSA) is 0 Å². The molecule has 2 unspecified atom stereocenters. The molecule has 20 heavy (non-hydrogen) atoms. The van der Waals surface area contributed by atoms with Gasteiger partial charge < -0.3 is 0 Å². The second-order valence-electron chi connectivity index (χ2n) is 4.66. The van der Waals surface area contributed by atoms with Crippen LogP contribution in [0.2, 0.25) is 0 Å². The number of hydrogen-bond donors (Lipinski definition) is 0. The highest BCUT2D eigenvalue weighted by atomic mass is 31.0. The Hall–Kier alpha value is -1.27. The first-order chi connectivity index (χ1) is 9.56. The third-order valence-electron chi connectivity index (χ3n) is 2.90. The van der Waals surface area contributed by atoms with E-state index in [1.807, 2.05) is 0 Å². The molecule has 0 aromatic heterocycles. The highest BCUT2D eigenvalue weighted by Crippen LogP contribution is 2.22. The molecule has 0 fully saturated rings. The van der Waals surface area contributed by atoms with Crippen LogP contribution in [0.1, 0.15) is 18.9 Å². The lowest BCUT2D eigenvalue weighted by atomic mass is 10.0. The summed E-state index contributed by atoms with van der Waals surface area (Å²) in [4.78, 5) is 0. The predicted molar refractivity (Wildman–Crippen MR) is 87.1 cm³/mol. The molecule has 0 radical (unpaired) electrons. The van der Waals surface area contributed by atoms with Crippen LogP contribution in [0.15, 0.2) is 48.5 Å². The van der Waals surface area contributed by atoms with Gasteiger partial charge in [-0.05, 0) is 35.8 Å². The van der Waals surface area contributed by atoms with Gasteiger partial charge in [-0.25, -0.2) is 4.39 Å². The Balaban J connectivity index is 0.000000286. The van der Waals surface area contributed by atoms with Gasteiger partial charge in [0.15, 0.2) is 0 Å². The molecule has 2 aromatic carbocycles. The summed E-state index contributed by atoms with van der Waals surface area (Å²) in [5.41, 5.74) is 3.94. The average Bonchev–Trinajstić information content (AvgIpc) is 2.41. The standard InChI is InChI=1S/C13H13P.C4H8F2/c1-10-6-2-3-7-11(10)12-8-4-5-9-13(12)14;1-4(6)2-3-5/h2-9H,14H2,1H3;4H,2-3H2,1H3. The van der Waals surface area contributed by atoms with E-state index >= 15 is 0 Å². The Morgan fingerprint density at radius 2 is 1.55 bits per heavy atom. The van der Waals surface area contributed by atoms with E-state index in [2.05, 4.69) is 64.7 Å². The fourth-order valence-electron chi connectivity index (χ4n) is 1.77. The summed E-state index contributed by atoms with van der Waals surface area (Å²) in [5.74, 6) is 0. The highest BCUT2D eigenvalue weighted by Gasteiger charge is 2.02. The lowest BCUT2D eigenvalue weighted by Gasteiger charge is -2.08. The van der Waals surface area contributed by atoms with Crippen molar-refractivity contribution in [2.75, 3.05) is 6.67 Å². The monoisotopic (exact) mass is 294 g/mol. The second-order valence-corrected chi connectivity index (χ2v) is 5.28. The summed E-state index contributed by atoms with van der Waals surface area (Å²) in [7, 11) is 2.78. The molecule has 0 heterocycles. The summed E-state index contributed by atoms with van der Waals surface area (Å²) in [6, 6.07) is 16.9. The second kappa shape index (κ2) is 8.81. The molecule has 0 saturated heterocycles.